The molecule has 0 aliphatic rings. The van der Waals surface area contributed by atoms with Crippen molar-refractivity contribution in [3.63, 3.8) is 0 Å². The van der Waals surface area contributed by atoms with Crippen LogP contribution in [0.3, 0.4) is 0 Å². The molecule has 0 bridgehead atoms. The highest BCUT2D eigenvalue weighted by Crippen LogP contribution is 2.05. The second-order valence-electron chi connectivity index (χ2n) is 4.08. The van der Waals surface area contributed by atoms with Gasteiger partial charge >= 0.3 is 0 Å². The van der Waals surface area contributed by atoms with Crippen molar-refractivity contribution in [1.82, 2.24) is 14.6 Å². The van der Waals surface area contributed by atoms with Crippen LogP contribution in [0.25, 0.3) is 10.9 Å². The lowest BCUT2D eigenvalue weighted by Crippen LogP contribution is -2.28. The number of hydrogen-bond donors (Lipinski definition) is 0. The topological polar surface area (TPSA) is 64.4 Å². The largest absolute Gasteiger partial charge is 0.298 e. The van der Waals surface area contributed by atoms with Gasteiger partial charge in [-0.25, -0.2) is 10.0 Å². The van der Waals surface area contributed by atoms with Gasteiger partial charge < -0.3 is 0 Å². The van der Waals surface area contributed by atoms with E-state index >= 15 is 0 Å². The molecular weight excluding hydrogens is 246 g/mol. The van der Waals surface area contributed by atoms with Crippen LogP contribution < -0.4 is 5.56 Å². The summed E-state index contributed by atoms with van der Waals surface area (Å²) in [6.07, 6.45) is 1.65. The first-order chi connectivity index (χ1) is 9.13. The first-order valence-corrected chi connectivity index (χ1v) is 5.88. The molecule has 1 aromatic carbocycles. The predicted octanol–water partition coefficient (Wildman–Crippen LogP) is 0.806. The van der Waals surface area contributed by atoms with Gasteiger partial charge in [0.15, 0.2) is 0 Å². The summed E-state index contributed by atoms with van der Waals surface area (Å²) >= 11 is 0. The Hall–Kier alpha value is -2.21. The molecule has 2 aromatic rings. The molecule has 0 saturated heterocycles. The van der Waals surface area contributed by atoms with Crippen LogP contribution in [0.1, 0.15) is 6.42 Å². The molecule has 0 unspecified atom stereocenters. The maximum Gasteiger partial charge on any atom is 0.261 e. The number of para-hydroxylation sites is 1. The van der Waals surface area contributed by atoms with Crippen molar-refractivity contribution in [1.29, 1.82) is 0 Å². The molecule has 0 aliphatic heterocycles. The molecule has 2 rings (SSSR count). The number of carbonyl (C=O) groups is 1. The third-order valence-electron chi connectivity index (χ3n) is 2.92. The fourth-order valence-electron chi connectivity index (χ4n) is 1.74. The van der Waals surface area contributed by atoms with E-state index in [4.69, 9.17) is 4.84 Å². The van der Waals surface area contributed by atoms with Crippen LogP contribution in [-0.4, -0.2) is 34.7 Å². The zero-order valence-corrected chi connectivity index (χ0v) is 10.9. The number of aromatic nitrogens is 2. The predicted molar refractivity (Wildman–Crippen MR) is 70.4 cm³/mol. The monoisotopic (exact) mass is 261 g/mol. The summed E-state index contributed by atoms with van der Waals surface area (Å²) in [7, 11) is 2.95. The molecule has 0 radical (unpaired) electrons. The van der Waals surface area contributed by atoms with E-state index < -0.39 is 0 Å². The molecule has 6 nitrogen and oxygen atoms in total. The molecule has 1 aromatic heterocycles. The zero-order chi connectivity index (χ0) is 13.8. The van der Waals surface area contributed by atoms with Crippen LogP contribution in [-0.2, 0) is 16.2 Å². The van der Waals surface area contributed by atoms with Gasteiger partial charge in [0.1, 0.15) is 0 Å². The van der Waals surface area contributed by atoms with Crippen LogP contribution in [0.4, 0.5) is 0 Å². The molecule has 0 atom stereocenters. The number of benzene rings is 1. The number of amides is 1. The summed E-state index contributed by atoms with van der Waals surface area (Å²) in [5.74, 6) is -0.192. The Morgan fingerprint density at radius 2 is 2.16 bits per heavy atom. The third kappa shape index (κ3) is 2.79. The third-order valence-corrected chi connectivity index (χ3v) is 2.92. The molecule has 19 heavy (non-hydrogen) atoms. The van der Waals surface area contributed by atoms with Gasteiger partial charge in [-0.05, 0) is 12.1 Å². The van der Waals surface area contributed by atoms with Crippen LogP contribution in [0.15, 0.2) is 35.4 Å². The van der Waals surface area contributed by atoms with Gasteiger partial charge in [-0.15, -0.1) is 0 Å². The summed E-state index contributed by atoms with van der Waals surface area (Å²) in [6.45, 7) is 0.281. The number of hydrogen-bond acceptors (Lipinski definition) is 4. The average molecular weight is 261 g/mol. The van der Waals surface area contributed by atoms with Gasteiger partial charge in [0.2, 0.25) is 5.91 Å². The summed E-state index contributed by atoms with van der Waals surface area (Å²) in [6, 6.07) is 7.13. The molecule has 1 heterocycles. The second-order valence-corrected chi connectivity index (χ2v) is 4.08. The lowest BCUT2D eigenvalue weighted by molar-refractivity contribution is -0.168. The maximum atomic E-state index is 12.1. The lowest BCUT2D eigenvalue weighted by atomic mass is 10.2. The number of nitrogens with zero attached hydrogens (tertiary/aromatic N) is 3. The zero-order valence-electron chi connectivity index (χ0n) is 10.9. The molecule has 100 valence electrons. The normalized spacial score (nSPS) is 10.6. The number of hydroxylamine groups is 2. The fourth-order valence-corrected chi connectivity index (χ4v) is 1.74. The summed E-state index contributed by atoms with van der Waals surface area (Å²) in [5, 5.41) is 1.69. The number of aryl methyl sites for hydroxylation is 1. The first-order valence-electron chi connectivity index (χ1n) is 5.88. The van der Waals surface area contributed by atoms with Crippen molar-refractivity contribution in [2.45, 2.75) is 13.0 Å². The van der Waals surface area contributed by atoms with Crippen LogP contribution in [0.2, 0.25) is 0 Å². The van der Waals surface area contributed by atoms with Gasteiger partial charge in [0.05, 0.1) is 24.3 Å². The number of carbonyl (C=O) groups excluding carboxylic acids is 1. The SMILES string of the molecule is CON(C)C(=O)CCn1cnc2ccccc2c1=O. The quantitative estimate of drug-likeness (QED) is 0.764. The highest BCUT2D eigenvalue weighted by atomic mass is 16.7. The van der Waals surface area contributed by atoms with E-state index in [1.54, 1.807) is 18.2 Å². The second kappa shape index (κ2) is 5.62. The van der Waals surface area contributed by atoms with Crippen molar-refractivity contribution in [3.05, 3.63) is 40.9 Å². The van der Waals surface area contributed by atoms with Gasteiger partial charge in [0, 0.05) is 20.0 Å². The maximum absolute atomic E-state index is 12.1. The minimum Gasteiger partial charge on any atom is -0.298 e. The summed E-state index contributed by atoms with van der Waals surface area (Å²) in [5.41, 5.74) is 0.516. The van der Waals surface area contributed by atoms with E-state index in [1.165, 1.54) is 25.1 Å². The molecule has 0 fully saturated rings. The van der Waals surface area contributed by atoms with E-state index in [2.05, 4.69) is 4.98 Å². The van der Waals surface area contributed by atoms with Crippen molar-refractivity contribution in [3.8, 4) is 0 Å². The van der Waals surface area contributed by atoms with E-state index in [1.807, 2.05) is 6.07 Å². The van der Waals surface area contributed by atoms with E-state index in [0.717, 1.165) is 5.06 Å². The average Bonchev–Trinajstić information content (AvgIpc) is 2.45. The molecule has 0 spiro atoms. The molecule has 0 aliphatic carbocycles. The Balaban J connectivity index is 2.20. The van der Waals surface area contributed by atoms with Crippen LogP contribution >= 0.6 is 0 Å². The van der Waals surface area contributed by atoms with E-state index in [9.17, 15) is 9.59 Å². The Kier molecular flexibility index (Phi) is 3.91. The Labute approximate surface area is 110 Å². The molecule has 6 heteroatoms. The van der Waals surface area contributed by atoms with Crippen molar-refractivity contribution in [2.75, 3.05) is 14.2 Å². The van der Waals surface area contributed by atoms with Crippen molar-refractivity contribution in [2.24, 2.45) is 0 Å². The van der Waals surface area contributed by atoms with Gasteiger partial charge in [0.25, 0.3) is 5.56 Å². The Bertz CT molecular complexity index is 651. The van der Waals surface area contributed by atoms with Gasteiger partial charge in [-0.1, -0.05) is 12.1 Å². The first kappa shape index (κ1) is 13.2. The Morgan fingerprint density at radius 3 is 2.89 bits per heavy atom. The van der Waals surface area contributed by atoms with Crippen LogP contribution in [0, 0.1) is 0 Å². The van der Waals surface area contributed by atoms with Crippen molar-refractivity contribution >= 4 is 16.8 Å². The standard InChI is InChI=1S/C13H15N3O3/c1-15(19-2)12(17)7-8-16-9-14-11-6-4-3-5-10(11)13(16)18/h3-6,9H,7-8H2,1-2H3. The smallest absolute Gasteiger partial charge is 0.261 e. The number of fused-ring (bicyclic) bond motifs is 1. The summed E-state index contributed by atoms with van der Waals surface area (Å²) in [4.78, 5) is 32.7. The van der Waals surface area contributed by atoms with Crippen LogP contribution in [0.5, 0.6) is 0 Å². The highest BCUT2D eigenvalue weighted by Gasteiger charge is 2.09. The highest BCUT2D eigenvalue weighted by molar-refractivity contribution is 5.77. The molecular formula is C13H15N3O3. The minimum atomic E-state index is -0.192. The van der Waals surface area contributed by atoms with E-state index in [-0.39, 0.29) is 24.4 Å². The van der Waals surface area contributed by atoms with Gasteiger partial charge in [-0.2, -0.15) is 0 Å². The molecule has 1 amide bonds. The molecule has 0 saturated carbocycles. The summed E-state index contributed by atoms with van der Waals surface area (Å²) < 4.78 is 1.43. The fraction of sp³-hybridized carbons (Fsp3) is 0.308. The molecule has 0 N–H and O–H groups in total. The van der Waals surface area contributed by atoms with Crippen molar-refractivity contribution < 1.29 is 9.63 Å². The lowest BCUT2D eigenvalue weighted by Gasteiger charge is -2.13. The minimum absolute atomic E-state index is 0.140. The van der Waals surface area contributed by atoms with Gasteiger partial charge in [-0.3, -0.25) is 19.0 Å². The van der Waals surface area contributed by atoms with E-state index in [0.29, 0.717) is 10.9 Å². The Morgan fingerprint density at radius 1 is 1.42 bits per heavy atom. The number of rotatable bonds is 4.